The van der Waals surface area contributed by atoms with E-state index in [1.165, 1.54) is 5.56 Å². The summed E-state index contributed by atoms with van der Waals surface area (Å²) in [5.74, 6) is 1.46. The molecule has 1 saturated heterocycles. The number of aliphatic imine (C=N–C) groups is 1. The molecule has 0 aliphatic carbocycles. The van der Waals surface area contributed by atoms with Crippen LogP contribution in [0.3, 0.4) is 0 Å². The average molecular weight is 475 g/mol. The second-order valence-electron chi connectivity index (χ2n) is 9.77. The Balaban J connectivity index is 1.33. The highest BCUT2D eigenvalue weighted by Gasteiger charge is 2.45. The molecule has 186 valence electrons. The van der Waals surface area contributed by atoms with Crippen LogP contribution in [-0.2, 0) is 9.59 Å². The lowest BCUT2D eigenvalue weighted by molar-refractivity contribution is -0.131. The van der Waals surface area contributed by atoms with Crippen LogP contribution in [0.25, 0.3) is 0 Å². The Morgan fingerprint density at radius 1 is 1.03 bits per heavy atom. The minimum absolute atomic E-state index is 0.0379. The lowest BCUT2D eigenvalue weighted by Gasteiger charge is -2.33. The van der Waals surface area contributed by atoms with Gasteiger partial charge in [0, 0.05) is 24.7 Å². The highest BCUT2D eigenvalue weighted by Crippen LogP contribution is 2.32. The van der Waals surface area contributed by atoms with E-state index >= 15 is 0 Å². The smallest absolute Gasteiger partial charge is 0.256 e. The summed E-state index contributed by atoms with van der Waals surface area (Å²) in [6.07, 6.45) is 4.61. The number of nitrogens with one attached hydrogen (secondary N) is 1. The van der Waals surface area contributed by atoms with Crippen molar-refractivity contribution in [3.05, 3.63) is 65.7 Å². The van der Waals surface area contributed by atoms with E-state index < -0.39 is 5.54 Å². The van der Waals surface area contributed by atoms with Gasteiger partial charge in [0.15, 0.2) is 0 Å². The number of benzene rings is 2. The molecule has 35 heavy (non-hydrogen) atoms. The molecule has 2 aliphatic rings. The lowest BCUT2D eigenvalue weighted by Crippen LogP contribution is -2.43. The summed E-state index contributed by atoms with van der Waals surface area (Å²) in [5.41, 5.74) is 2.58. The number of nitrogens with zero attached hydrogens (tertiary/aromatic N) is 3. The predicted octanol–water partition coefficient (Wildman–Crippen LogP) is 5.06. The van der Waals surface area contributed by atoms with Gasteiger partial charge >= 0.3 is 0 Å². The van der Waals surface area contributed by atoms with Crippen LogP contribution in [-0.4, -0.2) is 59.2 Å². The highest BCUT2D eigenvalue weighted by atomic mass is 16.2. The number of piperidine rings is 1. The molecule has 2 amide bonds. The van der Waals surface area contributed by atoms with Gasteiger partial charge in [-0.15, -0.1) is 0 Å². The molecule has 0 radical (unpaired) electrons. The van der Waals surface area contributed by atoms with E-state index in [0.717, 1.165) is 68.8 Å². The van der Waals surface area contributed by atoms with Crippen molar-refractivity contribution in [1.82, 2.24) is 9.80 Å². The summed E-state index contributed by atoms with van der Waals surface area (Å²) in [6, 6.07) is 18.4. The highest BCUT2D eigenvalue weighted by molar-refractivity contribution is 6.15. The van der Waals surface area contributed by atoms with Crippen molar-refractivity contribution in [3.8, 4) is 0 Å². The number of amidine groups is 1. The summed E-state index contributed by atoms with van der Waals surface area (Å²) in [5, 5.41) is 2.89. The Bertz CT molecular complexity index is 1050. The number of anilines is 1. The first-order valence-corrected chi connectivity index (χ1v) is 13.0. The van der Waals surface area contributed by atoms with E-state index in [2.05, 4.69) is 36.2 Å². The monoisotopic (exact) mass is 474 g/mol. The van der Waals surface area contributed by atoms with Crippen LogP contribution in [0, 0.1) is 0 Å². The number of carbonyl (C=O) groups is 2. The number of likely N-dealkylation sites (tertiary alicyclic amines) is 1. The minimum atomic E-state index is -0.616. The van der Waals surface area contributed by atoms with Crippen LogP contribution < -0.4 is 5.32 Å². The molecule has 2 aromatic carbocycles. The molecule has 0 bridgehead atoms. The van der Waals surface area contributed by atoms with E-state index in [4.69, 9.17) is 4.99 Å². The standard InChI is InChI=1S/C29H38N4O2/c1-4-29(5-2)28(35)33(27(31-29)24-11-7-6-8-12-24)18-10-17-32-19-15-23(16-20-32)25-13-9-14-26(21-25)30-22(3)34/h6-9,11-14,21,23H,4-5,10,15-20H2,1-3H3,(H,30,34). The summed E-state index contributed by atoms with van der Waals surface area (Å²) >= 11 is 0. The van der Waals surface area contributed by atoms with E-state index in [1.54, 1.807) is 6.92 Å². The van der Waals surface area contributed by atoms with Crippen molar-refractivity contribution < 1.29 is 9.59 Å². The largest absolute Gasteiger partial charge is 0.326 e. The van der Waals surface area contributed by atoms with Crippen molar-refractivity contribution >= 4 is 23.3 Å². The molecule has 6 nitrogen and oxygen atoms in total. The first-order valence-electron chi connectivity index (χ1n) is 13.0. The molecule has 2 aliphatic heterocycles. The number of rotatable bonds is 9. The third-order valence-electron chi connectivity index (χ3n) is 7.54. The van der Waals surface area contributed by atoms with Crippen molar-refractivity contribution in [2.45, 2.75) is 64.3 Å². The average Bonchev–Trinajstić information content (AvgIpc) is 3.17. The molecule has 6 heteroatoms. The van der Waals surface area contributed by atoms with E-state index in [9.17, 15) is 9.59 Å². The Hall–Kier alpha value is -2.99. The van der Waals surface area contributed by atoms with Crippen LogP contribution in [0.4, 0.5) is 5.69 Å². The van der Waals surface area contributed by atoms with Gasteiger partial charge < -0.3 is 10.2 Å². The van der Waals surface area contributed by atoms with Crippen LogP contribution in [0.2, 0.25) is 0 Å². The number of hydrogen-bond donors (Lipinski definition) is 1. The van der Waals surface area contributed by atoms with Gasteiger partial charge in [-0.25, -0.2) is 0 Å². The van der Waals surface area contributed by atoms with E-state index in [-0.39, 0.29) is 11.8 Å². The molecule has 0 unspecified atom stereocenters. The van der Waals surface area contributed by atoms with Gasteiger partial charge in [-0.3, -0.25) is 19.5 Å². The Morgan fingerprint density at radius 2 is 1.74 bits per heavy atom. The van der Waals surface area contributed by atoms with Crippen LogP contribution in [0.1, 0.15) is 69.9 Å². The van der Waals surface area contributed by atoms with Crippen molar-refractivity contribution in [2.75, 3.05) is 31.5 Å². The van der Waals surface area contributed by atoms with Crippen molar-refractivity contribution in [2.24, 2.45) is 4.99 Å². The fraction of sp³-hybridized carbons (Fsp3) is 0.483. The second kappa shape index (κ2) is 11.2. The topological polar surface area (TPSA) is 65.0 Å². The Labute approximate surface area is 209 Å². The third-order valence-corrected chi connectivity index (χ3v) is 7.54. The zero-order valence-electron chi connectivity index (χ0n) is 21.3. The molecule has 0 saturated carbocycles. The Kier molecular flexibility index (Phi) is 8.01. The summed E-state index contributed by atoms with van der Waals surface area (Å²) < 4.78 is 0. The molecular weight excluding hydrogens is 436 g/mol. The first-order chi connectivity index (χ1) is 17.0. The van der Waals surface area contributed by atoms with E-state index in [0.29, 0.717) is 12.5 Å². The molecule has 1 fully saturated rings. The van der Waals surface area contributed by atoms with Gasteiger partial charge in [-0.1, -0.05) is 56.3 Å². The summed E-state index contributed by atoms with van der Waals surface area (Å²) in [4.78, 5) is 34.2. The van der Waals surface area contributed by atoms with Crippen LogP contribution >= 0.6 is 0 Å². The lowest BCUT2D eigenvalue weighted by atomic mass is 9.89. The maximum atomic E-state index is 13.4. The molecule has 2 heterocycles. The molecule has 0 aromatic heterocycles. The SMILES string of the molecule is CCC1(CC)N=C(c2ccccc2)N(CCCN2CCC(c3cccc(NC(C)=O)c3)CC2)C1=O. The molecule has 1 N–H and O–H groups in total. The summed E-state index contributed by atoms with van der Waals surface area (Å²) in [7, 11) is 0. The van der Waals surface area contributed by atoms with Gasteiger partial charge in [0.25, 0.3) is 5.91 Å². The second-order valence-corrected chi connectivity index (χ2v) is 9.77. The predicted molar refractivity (Wildman–Crippen MR) is 142 cm³/mol. The molecule has 0 spiro atoms. The minimum Gasteiger partial charge on any atom is -0.326 e. The fourth-order valence-electron chi connectivity index (χ4n) is 5.40. The molecule has 2 aromatic rings. The van der Waals surface area contributed by atoms with Crippen molar-refractivity contribution in [1.29, 1.82) is 0 Å². The van der Waals surface area contributed by atoms with Gasteiger partial charge in [0.05, 0.1) is 0 Å². The van der Waals surface area contributed by atoms with Gasteiger partial charge in [-0.2, -0.15) is 0 Å². The third kappa shape index (κ3) is 5.64. The number of carbonyl (C=O) groups excluding carboxylic acids is 2. The van der Waals surface area contributed by atoms with Gasteiger partial charge in [-0.05, 0) is 75.4 Å². The zero-order chi connectivity index (χ0) is 24.8. The first kappa shape index (κ1) is 25.1. The normalized spacial score (nSPS) is 18.5. The Morgan fingerprint density at radius 3 is 2.40 bits per heavy atom. The van der Waals surface area contributed by atoms with Crippen LogP contribution in [0.15, 0.2) is 59.6 Å². The number of hydrogen-bond acceptors (Lipinski definition) is 4. The number of amides is 2. The van der Waals surface area contributed by atoms with Gasteiger partial charge in [0.1, 0.15) is 11.4 Å². The fourth-order valence-corrected chi connectivity index (χ4v) is 5.40. The van der Waals surface area contributed by atoms with E-state index in [1.807, 2.05) is 47.4 Å². The zero-order valence-corrected chi connectivity index (χ0v) is 21.3. The molecular formula is C29H38N4O2. The van der Waals surface area contributed by atoms with Gasteiger partial charge in [0.2, 0.25) is 5.91 Å². The maximum absolute atomic E-state index is 13.4. The maximum Gasteiger partial charge on any atom is 0.256 e. The van der Waals surface area contributed by atoms with Crippen LogP contribution in [0.5, 0.6) is 0 Å². The molecule has 4 rings (SSSR count). The van der Waals surface area contributed by atoms with Crippen molar-refractivity contribution in [3.63, 3.8) is 0 Å². The quantitative estimate of drug-likeness (QED) is 0.552. The molecule has 0 atom stereocenters. The summed E-state index contributed by atoms with van der Waals surface area (Å²) in [6.45, 7) is 9.45.